The van der Waals surface area contributed by atoms with Gasteiger partial charge in [-0.05, 0) is 26.5 Å². The van der Waals surface area contributed by atoms with Crippen LogP contribution in [0.15, 0.2) is 23.6 Å². The lowest BCUT2D eigenvalue weighted by atomic mass is 10.0. The molecule has 0 aliphatic carbocycles. The molecule has 1 N–H and O–H groups in total. The number of nitrogens with one attached hydrogen (secondary N) is 1. The number of hydrogen-bond donors (Lipinski definition) is 1. The van der Waals surface area contributed by atoms with Gasteiger partial charge < -0.3 is 5.32 Å². The Balaban J connectivity index is 0.00000162. The van der Waals surface area contributed by atoms with Crippen molar-refractivity contribution in [3.63, 3.8) is 0 Å². The molecule has 0 radical (unpaired) electrons. The second-order valence-electron chi connectivity index (χ2n) is 4.30. The molecule has 1 heterocycles. The summed E-state index contributed by atoms with van der Waals surface area (Å²) in [5, 5.41) is 6.51. The lowest BCUT2D eigenvalue weighted by molar-refractivity contribution is 0.788. The van der Waals surface area contributed by atoms with Crippen molar-refractivity contribution in [2.24, 2.45) is 0 Å². The number of nitrogens with zero attached hydrogens (tertiary/aromatic N) is 1. The lowest BCUT2D eigenvalue weighted by Crippen LogP contribution is -2.09. The Kier molecular flexibility index (Phi) is 5.79. The molecule has 2 aromatic rings. The van der Waals surface area contributed by atoms with Crippen LogP contribution in [0.4, 0.5) is 0 Å². The lowest BCUT2D eigenvalue weighted by Gasteiger charge is -2.03. The van der Waals surface area contributed by atoms with Crippen LogP contribution in [-0.2, 0) is 6.42 Å². The van der Waals surface area contributed by atoms with E-state index in [0.717, 1.165) is 18.7 Å². The quantitative estimate of drug-likeness (QED) is 0.927. The molecule has 0 unspecified atom stereocenters. The average Bonchev–Trinajstić information content (AvgIpc) is 2.75. The Hall–Kier alpha value is -0.900. The first-order valence-electron chi connectivity index (χ1n) is 5.87. The first-order valence-corrected chi connectivity index (χ1v) is 6.75. The average molecular weight is 283 g/mol. The van der Waals surface area contributed by atoms with E-state index in [1.165, 1.54) is 21.7 Å². The van der Waals surface area contributed by atoms with E-state index in [4.69, 9.17) is 0 Å². The van der Waals surface area contributed by atoms with E-state index in [9.17, 15) is 0 Å². The Morgan fingerprint density at radius 3 is 2.72 bits per heavy atom. The minimum absolute atomic E-state index is 0. The number of thiazole rings is 1. The fourth-order valence-electron chi connectivity index (χ4n) is 1.88. The standard InChI is InChI=1S/C14H18N2S.ClH/c1-10-4-5-12(11(2)8-10)13-9-17-14(16-13)6-7-15-3;/h4-5,8-9,15H,6-7H2,1-3H3;1H. The number of rotatable bonds is 4. The first-order chi connectivity index (χ1) is 8.20. The highest BCUT2D eigenvalue weighted by molar-refractivity contribution is 7.09. The van der Waals surface area contributed by atoms with Gasteiger partial charge in [0.25, 0.3) is 0 Å². The highest BCUT2D eigenvalue weighted by atomic mass is 35.5. The number of aromatic nitrogens is 1. The summed E-state index contributed by atoms with van der Waals surface area (Å²) in [6.45, 7) is 5.25. The van der Waals surface area contributed by atoms with Gasteiger partial charge in [0.2, 0.25) is 0 Å². The van der Waals surface area contributed by atoms with Gasteiger partial charge in [-0.25, -0.2) is 4.98 Å². The zero-order valence-electron chi connectivity index (χ0n) is 11.0. The second kappa shape index (κ2) is 6.88. The summed E-state index contributed by atoms with van der Waals surface area (Å²) < 4.78 is 0. The van der Waals surface area contributed by atoms with Gasteiger partial charge in [0, 0.05) is 23.9 Å². The number of hydrogen-bond acceptors (Lipinski definition) is 3. The van der Waals surface area contributed by atoms with Crippen molar-refractivity contribution in [2.45, 2.75) is 20.3 Å². The van der Waals surface area contributed by atoms with Gasteiger partial charge in [0.1, 0.15) is 0 Å². The maximum Gasteiger partial charge on any atom is 0.0945 e. The van der Waals surface area contributed by atoms with E-state index in [1.54, 1.807) is 11.3 Å². The second-order valence-corrected chi connectivity index (χ2v) is 5.24. The number of benzene rings is 1. The molecule has 0 saturated carbocycles. The molecule has 0 aliphatic heterocycles. The fraction of sp³-hybridized carbons (Fsp3) is 0.357. The van der Waals surface area contributed by atoms with E-state index < -0.39 is 0 Å². The van der Waals surface area contributed by atoms with Crippen molar-refractivity contribution in [1.29, 1.82) is 0 Å². The molecule has 0 fully saturated rings. The van der Waals surface area contributed by atoms with Crippen molar-refractivity contribution in [3.8, 4) is 11.3 Å². The van der Waals surface area contributed by atoms with E-state index in [-0.39, 0.29) is 12.4 Å². The monoisotopic (exact) mass is 282 g/mol. The van der Waals surface area contributed by atoms with Crippen LogP contribution in [0.25, 0.3) is 11.3 Å². The van der Waals surface area contributed by atoms with Gasteiger partial charge >= 0.3 is 0 Å². The molecule has 0 aliphatic rings. The summed E-state index contributed by atoms with van der Waals surface area (Å²) in [6, 6.07) is 6.53. The summed E-state index contributed by atoms with van der Waals surface area (Å²) in [7, 11) is 1.97. The third-order valence-corrected chi connectivity index (χ3v) is 3.71. The zero-order chi connectivity index (χ0) is 12.3. The summed E-state index contributed by atoms with van der Waals surface area (Å²) in [5.41, 5.74) is 4.97. The van der Waals surface area contributed by atoms with Crippen molar-refractivity contribution in [2.75, 3.05) is 13.6 Å². The molecule has 1 aromatic carbocycles. The van der Waals surface area contributed by atoms with Gasteiger partial charge in [-0.1, -0.05) is 23.8 Å². The smallest absolute Gasteiger partial charge is 0.0945 e. The Bertz CT molecular complexity index is 508. The Morgan fingerprint density at radius 2 is 2.06 bits per heavy atom. The van der Waals surface area contributed by atoms with Gasteiger partial charge in [0.15, 0.2) is 0 Å². The van der Waals surface area contributed by atoms with Crippen LogP contribution >= 0.6 is 23.7 Å². The van der Waals surface area contributed by atoms with Gasteiger partial charge in [0.05, 0.1) is 10.7 Å². The molecule has 0 saturated heterocycles. The molecule has 0 amide bonds. The first kappa shape index (κ1) is 15.2. The van der Waals surface area contributed by atoms with Crippen molar-refractivity contribution >= 4 is 23.7 Å². The van der Waals surface area contributed by atoms with Crippen LogP contribution in [0.1, 0.15) is 16.1 Å². The van der Waals surface area contributed by atoms with Crippen LogP contribution in [0.2, 0.25) is 0 Å². The Labute approximate surface area is 119 Å². The van der Waals surface area contributed by atoms with Crippen LogP contribution < -0.4 is 5.32 Å². The maximum atomic E-state index is 4.69. The fourth-order valence-corrected chi connectivity index (χ4v) is 2.68. The molecule has 4 heteroatoms. The summed E-state index contributed by atoms with van der Waals surface area (Å²) in [5.74, 6) is 0. The molecule has 2 nitrogen and oxygen atoms in total. The molecular formula is C14H19ClN2S. The van der Waals surface area contributed by atoms with Crippen molar-refractivity contribution < 1.29 is 0 Å². The van der Waals surface area contributed by atoms with E-state index in [0.29, 0.717) is 0 Å². The molecule has 0 spiro atoms. The third-order valence-electron chi connectivity index (χ3n) is 2.80. The van der Waals surface area contributed by atoms with E-state index in [1.807, 2.05) is 7.05 Å². The van der Waals surface area contributed by atoms with Crippen LogP contribution in [0.5, 0.6) is 0 Å². The molecule has 18 heavy (non-hydrogen) atoms. The van der Waals surface area contributed by atoms with Gasteiger partial charge in [-0.15, -0.1) is 23.7 Å². The predicted molar refractivity (Wildman–Crippen MR) is 81.9 cm³/mol. The van der Waals surface area contributed by atoms with Crippen molar-refractivity contribution in [1.82, 2.24) is 10.3 Å². The molecule has 1 aromatic heterocycles. The number of likely N-dealkylation sites (N-methyl/N-ethyl adjacent to an activating group) is 1. The van der Waals surface area contributed by atoms with E-state index >= 15 is 0 Å². The van der Waals surface area contributed by atoms with Gasteiger partial charge in [-0.2, -0.15) is 0 Å². The van der Waals surface area contributed by atoms with Gasteiger partial charge in [-0.3, -0.25) is 0 Å². The SMILES string of the molecule is CNCCc1nc(-c2ccc(C)cc2C)cs1.Cl. The molecule has 0 bridgehead atoms. The maximum absolute atomic E-state index is 4.69. The molecular weight excluding hydrogens is 264 g/mol. The number of aryl methyl sites for hydroxylation is 2. The zero-order valence-corrected chi connectivity index (χ0v) is 12.6. The van der Waals surface area contributed by atoms with E-state index in [2.05, 4.69) is 47.7 Å². The highest BCUT2D eigenvalue weighted by Gasteiger charge is 2.06. The third kappa shape index (κ3) is 3.55. The predicted octanol–water partition coefficient (Wildman–Crippen LogP) is 3.61. The molecule has 2 rings (SSSR count). The minimum atomic E-state index is 0. The van der Waals surface area contributed by atoms with Crippen LogP contribution in [-0.4, -0.2) is 18.6 Å². The van der Waals surface area contributed by atoms with Crippen LogP contribution in [0.3, 0.4) is 0 Å². The summed E-state index contributed by atoms with van der Waals surface area (Å²) in [4.78, 5) is 4.69. The highest BCUT2D eigenvalue weighted by Crippen LogP contribution is 2.25. The largest absolute Gasteiger partial charge is 0.319 e. The molecule has 98 valence electrons. The summed E-state index contributed by atoms with van der Waals surface area (Å²) >= 11 is 1.75. The van der Waals surface area contributed by atoms with Crippen molar-refractivity contribution in [3.05, 3.63) is 39.7 Å². The number of halogens is 1. The summed E-state index contributed by atoms with van der Waals surface area (Å²) in [6.07, 6.45) is 1.01. The molecule has 0 atom stereocenters. The normalized spacial score (nSPS) is 10.2. The van der Waals surface area contributed by atoms with Crippen LogP contribution in [0, 0.1) is 13.8 Å². The minimum Gasteiger partial charge on any atom is -0.319 e. The topological polar surface area (TPSA) is 24.9 Å². The Morgan fingerprint density at radius 1 is 1.28 bits per heavy atom.